The first kappa shape index (κ1) is 15.2. The highest BCUT2D eigenvalue weighted by atomic mass is 79.9. The van der Waals surface area contributed by atoms with Crippen LogP contribution < -0.4 is 14.8 Å². The van der Waals surface area contributed by atoms with Crippen LogP contribution in [0.3, 0.4) is 0 Å². The zero-order valence-corrected chi connectivity index (χ0v) is 13.4. The first-order chi connectivity index (χ1) is 9.60. The summed E-state index contributed by atoms with van der Waals surface area (Å²) in [6.45, 7) is 5.37. The molecule has 1 atom stereocenters. The first-order valence-electron chi connectivity index (χ1n) is 6.86. The Balaban J connectivity index is 2.05. The lowest BCUT2D eigenvalue weighted by atomic mass is 10.0. The van der Waals surface area contributed by atoms with E-state index in [0.29, 0.717) is 36.2 Å². The van der Waals surface area contributed by atoms with Gasteiger partial charge in [0.1, 0.15) is 13.2 Å². The maximum absolute atomic E-state index is 12.3. The molecule has 1 unspecified atom stereocenters. The van der Waals surface area contributed by atoms with E-state index in [9.17, 15) is 4.79 Å². The Hall–Kier alpha value is -1.23. The summed E-state index contributed by atoms with van der Waals surface area (Å²) >= 11 is 3.45. The molecule has 0 bridgehead atoms. The van der Waals surface area contributed by atoms with Crippen LogP contribution >= 0.6 is 15.9 Å². The van der Waals surface area contributed by atoms with Crippen LogP contribution in [0.1, 0.15) is 30.6 Å². The number of benzene rings is 1. The summed E-state index contributed by atoms with van der Waals surface area (Å²) in [7, 11) is 0. The Morgan fingerprint density at radius 1 is 1.30 bits per heavy atom. The average molecular weight is 342 g/mol. The Kier molecular flexibility index (Phi) is 5.29. The fraction of sp³-hybridized carbons (Fsp3) is 0.533. The van der Waals surface area contributed by atoms with Crippen molar-refractivity contribution >= 4 is 21.8 Å². The van der Waals surface area contributed by atoms with E-state index >= 15 is 0 Å². The van der Waals surface area contributed by atoms with Crippen molar-refractivity contribution in [2.45, 2.75) is 26.3 Å². The van der Waals surface area contributed by atoms with Gasteiger partial charge in [0.2, 0.25) is 0 Å². The number of ether oxygens (including phenoxy) is 2. The highest BCUT2D eigenvalue weighted by Crippen LogP contribution is 2.30. The Morgan fingerprint density at radius 2 is 2.00 bits per heavy atom. The fourth-order valence-corrected chi connectivity index (χ4v) is 2.61. The number of hydrogen-bond acceptors (Lipinski definition) is 3. The maximum atomic E-state index is 12.3. The molecule has 0 radical (unpaired) electrons. The molecular formula is C15H20BrNO3. The largest absolute Gasteiger partial charge is 0.486 e. The standard InChI is InChI=1S/C15H20BrNO3/c1-10(2)7-12(9-16)17-15(18)11-3-4-13-14(8-11)20-6-5-19-13/h3-4,8,10,12H,5-7,9H2,1-2H3,(H,17,18). The van der Waals surface area contributed by atoms with Crippen LogP contribution in [0.4, 0.5) is 0 Å². The van der Waals surface area contributed by atoms with E-state index in [4.69, 9.17) is 9.47 Å². The van der Waals surface area contributed by atoms with Gasteiger partial charge < -0.3 is 14.8 Å². The van der Waals surface area contributed by atoms with Crippen LogP contribution in [-0.4, -0.2) is 30.5 Å². The molecule has 0 fully saturated rings. The van der Waals surface area contributed by atoms with Gasteiger partial charge in [0.15, 0.2) is 11.5 Å². The molecule has 20 heavy (non-hydrogen) atoms. The molecule has 110 valence electrons. The minimum atomic E-state index is -0.0768. The molecule has 1 aliphatic rings. The van der Waals surface area contributed by atoms with Gasteiger partial charge in [0, 0.05) is 16.9 Å². The normalized spacial score (nSPS) is 15.0. The van der Waals surface area contributed by atoms with Crippen molar-refractivity contribution in [3.8, 4) is 11.5 Å². The monoisotopic (exact) mass is 341 g/mol. The molecule has 0 saturated carbocycles. The number of hydrogen-bond donors (Lipinski definition) is 1. The third kappa shape index (κ3) is 3.88. The molecule has 1 heterocycles. The molecule has 1 aliphatic heterocycles. The van der Waals surface area contributed by atoms with Gasteiger partial charge in [0.05, 0.1) is 0 Å². The van der Waals surface area contributed by atoms with Crippen molar-refractivity contribution < 1.29 is 14.3 Å². The van der Waals surface area contributed by atoms with E-state index in [1.165, 1.54) is 0 Å². The molecule has 4 nitrogen and oxygen atoms in total. The summed E-state index contributed by atoms with van der Waals surface area (Å²) in [6, 6.07) is 5.43. The lowest BCUT2D eigenvalue weighted by Gasteiger charge is -2.20. The van der Waals surface area contributed by atoms with Crippen molar-refractivity contribution in [1.82, 2.24) is 5.32 Å². The van der Waals surface area contributed by atoms with Crippen LogP contribution in [0.5, 0.6) is 11.5 Å². The van der Waals surface area contributed by atoms with Crippen LogP contribution in [0.25, 0.3) is 0 Å². The van der Waals surface area contributed by atoms with Crippen molar-refractivity contribution in [1.29, 1.82) is 0 Å². The van der Waals surface area contributed by atoms with Gasteiger partial charge in [-0.2, -0.15) is 0 Å². The summed E-state index contributed by atoms with van der Waals surface area (Å²) in [5.74, 6) is 1.81. The van der Waals surface area contributed by atoms with E-state index in [1.54, 1.807) is 18.2 Å². The molecule has 0 spiro atoms. The minimum Gasteiger partial charge on any atom is -0.486 e. The summed E-state index contributed by atoms with van der Waals surface area (Å²) in [6.07, 6.45) is 0.946. The number of nitrogens with one attached hydrogen (secondary N) is 1. The van der Waals surface area contributed by atoms with Gasteiger partial charge in [-0.05, 0) is 30.5 Å². The summed E-state index contributed by atoms with van der Waals surface area (Å²) < 4.78 is 10.9. The zero-order valence-electron chi connectivity index (χ0n) is 11.8. The topological polar surface area (TPSA) is 47.6 Å². The van der Waals surface area contributed by atoms with Crippen molar-refractivity contribution in [3.05, 3.63) is 23.8 Å². The van der Waals surface area contributed by atoms with Crippen molar-refractivity contribution in [3.63, 3.8) is 0 Å². The van der Waals surface area contributed by atoms with E-state index in [0.717, 1.165) is 11.8 Å². The number of fused-ring (bicyclic) bond motifs is 1. The van der Waals surface area contributed by atoms with Gasteiger partial charge in [-0.1, -0.05) is 29.8 Å². The van der Waals surface area contributed by atoms with Crippen molar-refractivity contribution in [2.24, 2.45) is 5.92 Å². The first-order valence-corrected chi connectivity index (χ1v) is 7.98. The second-order valence-corrected chi connectivity index (χ2v) is 5.96. The molecule has 2 rings (SSSR count). The SMILES string of the molecule is CC(C)CC(CBr)NC(=O)c1ccc2c(c1)OCCO2. The predicted molar refractivity (Wildman–Crippen MR) is 81.9 cm³/mol. The number of amides is 1. The van der Waals surface area contributed by atoms with E-state index in [2.05, 4.69) is 35.1 Å². The zero-order chi connectivity index (χ0) is 14.5. The van der Waals surface area contributed by atoms with E-state index < -0.39 is 0 Å². The second-order valence-electron chi connectivity index (χ2n) is 5.31. The molecule has 5 heteroatoms. The Morgan fingerprint density at radius 3 is 2.65 bits per heavy atom. The van der Waals surface area contributed by atoms with Gasteiger partial charge in [-0.15, -0.1) is 0 Å². The fourth-order valence-electron chi connectivity index (χ4n) is 2.18. The number of carbonyl (C=O) groups excluding carboxylic acids is 1. The van der Waals surface area contributed by atoms with E-state index in [-0.39, 0.29) is 11.9 Å². The Bertz CT molecular complexity index is 476. The van der Waals surface area contributed by atoms with Gasteiger partial charge in [0.25, 0.3) is 5.91 Å². The number of rotatable bonds is 5. The minimum absolute atomic E-state index is 0.0768. The maximum Gasteiger partial charge on any atom is 0.251 e. The third-order valence-electron chi connectivity index (χ3n) is 3.08. The smallest absolute Gasteiger partial charge is 0.251 e. The second kappa shape index (κ2) is 6.97. The van der Waals surface area contributed by atoms with Crippen LogP contribution in [0, 0.1) is 5.92 Å². The molecule has 1 aromatic rings. The third-order valence-corrected chi connectivity index (χ3v) is 3.86. The highest BCUT2D eigenvalue weighted by Gasteiger charge is 2.17. The molecule has 1 N–H and O–H groups in total. The number of alkyl halides is 1. The average Bonchev–Trinajstić information content (AvgIpc) is 2.45. The lowest BCUT2D eigenvalue weighted by molar-refractivity contribution is 0.0936. The molecule has 0 saturated heterocycles. The summed E-state index contributed by atoms with van der Waals surface area (Å²) in [4.78, 5) is 12.3. The van der Waals surface area contributed by atoms with Crippen LogP contribution in [0.2, 0.25) is 0 Å². The molecular weight excluding hydrogens is 322 g/mol. The highest BCUT2D eigenvalue weighted by molar-refractivity contribution is 9.09. The van der Waals surface area contributed by atoms with Gasteiger partial charge in [-0.25, -0.2) is 0 Å². The predicted octanol–water partition coefficient (Wildman–Crippen LogP) is 3.00. The number of halogens is 1. The molecule has 1 amide bonds. The lowest BCUT2D eigenvalue weighted by Crippen LogP contribution is -2.37. The molecule has 0 aromatic heterocycles. The molecule has 1 aromatic carbocycles. The van der Waals surface area contributed by atoms with Crippen LogP contribution in [0.15, 0.2) is 18.2 Å². The summed E-state index contributed by atoms with van der Waals surface area (Å²) in [5.41, 5.74) is 0.601. The van der Waals surface area contributed by atoms with Crippen LogP contribution in [-0.2, 0) is 0 Å². The Labute approximate surface area is 128 Å². The summed E-state index contributed by atoms with van der Waals surface area (Å²) in [5, 5.41) is 3.79. The van der Waals surface area contributed by atoms with Gasteiger partial charge in [-0.3, -0.25) is 4.79 Å². The number of carbonyl (C=O) groups is 1. The molecule has 0 aliphatic carbocycles. The van der Waals surface area contributed by atoms with E-state index in [1.807, 2.05) is 0 Å². The van der Waals surface area contributed by atoms with Gasteiger partial charge >= 0.3 is 0 Å². The van der Waals surface area contributed by atoms with Crippen molar-refractivity contribution in [2.75, 3.05) is 18.5 Å². The quantitative estimate of drug-likeness (QED) is 0.837.